The molecule has 3 rings (SSSR count). The molecule has 0 aliphatic carbocycles. The zero-order valence-corrected chi connectivity index (χ0v) is 12.9. The van der Waals surface area contributed by atoms with Crippen molar-refractivity contribution in [2.75, 3.05) is 11.4 Å². The average molecular weight is 305 g/mol. The molecule has 0 N–H and O–H groups in total. The van der Waals surface area contributed by atoms with Crippen molar-refractivity contribution in [2.24, 2.45) is 0 Å². The number of nitrogens with zero attached hydrogens (tertiary/aromatic N) is 3. The van der Waals surface area contributed by atoms with Crippen molar-refractivity contribution in [3.63, 3.8) is 0 Å². The van der Waals surface area contributed by atoms with Crippen LogP contribution in [0.2, 0.25) is 0 Å². The fraction of sp³-hybridized carbons (Fsp3) is 0.533. The van der Waals surface area contributed by atoms with E-state index in [9.17, 15) is 4.79 Å². The van der Waals surface area contributed by atoms with E-state index in [1.807, 2.05) is 6.07 Å². The van der Waals surface area contributed by atoms with Crippen LogP contribution in [0.3, 0.4) is 0 Å². The molecule has 1 fully saturated rings. The van der Waals surface area contributed by atoms with Gasteiger partial charge in [-0.05, 0) is 18.9 Å². The third-order valence-corrected chi connectivity index (χ3v) is 4.78. The van der Waals surface area contributed by atoms with Gasteiger partial charge < -0.3 is 4.74 Å². The first-order chi connectivity index (χ1) is 10.3. The highest BCUT2D eigenvalue weighted by Crippen LogP contribution is 2.33. The highest BCUT2D eigenvalue weighted by molar-refractivity contribution is 7.22. The molecule has 2 aromatic rings. The molecule has 0 spiro atoms. The molecule has 21 heavy (non-hydrogen) atoms. The molecule has 0 radical (unpaired) electrons. The topological polar surface area (TPSA) is 55.3 Å². The zero-order valence-electron chi connectivity index (χ0n) is 12.1. The van der Waals surface area contributed by atoms with Gasteiger partial charge in [-0.3, -0.25) is 4.90 Å². The molecule has 1 unspecified atom stereocenters. The molecule has 2 aromatic heterocycles. The lowest BCUT2D eigenvalue weighted by atomic mass is 10.1. The molecular formula is C15H19N3O2S. The zero-order chi connectivity index (χ0) is 14.7. The summed E-state index contributed by atoms with van der Waals surface area (Å²) in [6.07, 6.45) is 8.84. The van der Waals surface area contributed by atoms with Gasteiger partial charge in [-0.1, -0.05) is 26.2 Å². The van der Waals surface area contributed by atoms with Crippen LogP contribution in [-0.4, -0.2) is 28.7 Å². The summed E-state index contributed by atoms with van der Waals surface area (Å²) in [5, 5.41) is 0.895. The summed E-state index contributed by atoms with van der Waals surface area (Å²) >= 11 is 1.53. The number of aromatic nitrogens is 2. The molecule has 0 saturated carbocycles. The molecular weight excluding hydrogens is 286 g/mol. The number of hydrogen-bond donors (Lipinski definition) is 0. The maximum Gasteiger partial charge on any atom is 0.415 e. The third kappa shape index (κ3) is 3.15. The van der Waals surface area contributed by atoms with Gasteiger partial charge in [-0.2, -0.15) is 0 Å². The minimum atomic E-state index is -0.241. The minimum Gasteiger partial charge on any atom is -0.444 e. The van der Waals surface area contributed by atoms with Crippen molar-refractivity contribution in [1.29, 1.82) is 0 Å². The van der Waals surface area contributed by atoms with Gasteiger partial charge in [0, 0.05) is 6.20 Å². The summed E-state index contributed by atoms with van der Waals surface area (Å²) in [7, 11) is 0. The smallest absolute Gasteiger partial charge is 0.415 e. The van der Waals surface area contributed by atoms with Crippen LogP contribution < -0.4 is 4.90 Å². The molecule has 6 heteroatoms. The Morgan fingerprint density at radius 1 is 1.43 bits per heavy atom. The van der Waals surface area contributed by atoms with Gasteiger partial charge in [0.15, 0.2) is 0 Å². The van der Waals surface area contributed by atoms with Crippen LogP contribution in [0, 0.1) is 0 Å². The molecule has 1 amide bonds. The van der Waals surface area contributed by atoms with E-state index in [1.54, 1.807) is 11.1 Å². The first-order valence-electron chi connectivity index (χ1n) is 7.45. The van der Waals surface area contributed by atoms with Gasteiger partial charge in [-0.25, -0.2) is 14.8 Å². The lowest BCUT2D eigenvalue weighted by molar-refractivity contribution is 0.135. The summed E-state index contributed by atoms with van der Waals surface area (Å²) in [6, 6.07) is 1.93. The summed E-state index contributed by atoms with van der Waals surface area (Å²) < 4.78 is 6.45. The van der Waals surface area contributed by atoms with Gasteiger partial charge in [0.25, 0.3) is 0 Å². The number of rotatable bonds is 6. The second-order valence-corrected chi connectivity index (χ2v) is 6.38. The van der Waals surface area contributed by atoms with Crippen molar-refractivity contribution in [2.45, 2.75) is 45.1 Å². The molecule has 1 aliphatic rings. The summed E-state index contributed by atoms with van der Waals surface area (Å²) in [5.74, 6) is 0. The van der Waals surface area contributed by atoms with E-state index in [-0.39, 0.29) is 12.2 Å². The van der Waals surface area contributed by atoms with E-state index in [2.05, 4.69) is 16.9 Å². The van der Waals surface area contributed by atoms with Crippen molar-refractivity contribution in [3.05, 3.63) is 18.6 Å². The van der Waals surface area contributed by atoms with E-state index in [0.29, 0.717) is 6.54 Å². The van der Waals surface area contributed by atoms with Crippen LogP contribution >= 0.6 is 11.3 Å². The van der Waals surface area contributed by atoms with Crippen LogP contribution in [-0.2, 0) is 4.74 Å². The van der Waals surface area contributed by atoms with Crippen LogP contribution in [0.1, 0.15) is 39.0 Å². The fourth-order valence-corrected chi connectivity index (χ4v) is 3.54. The predicted molar refractivity (Wildman–Crippen MR) is 83.8 cm³/mol. The lowest BCUT2D eigenvalue weighted by Crippen LogP contribution is -2.23. The van der Waals surface area contributed by atoms with Gasteiger partial charge in [0.05, 0.1) is 16.8 Å². The van der Waals surface area contributed by atoms with E-state index in [1.165, 1.54) is 36.9 Å². The number of carbonyl (C=O) groups excluding carboxylic acids is 1. The van der Waals surface area contributed by atoms with Gasteiger partial charge >= 0.3 is 6.09 Å². The number of anilines is 1. The number of amides is 1. The Morgan fingerprint density at radius 2 is 2.33 bits per heavy atom. The maximum absolute atomic E-state index is 12.0. The first-order valence-corrected chi connectivity index (χ1v) is 8.27. The molecule has 1 aliphatic heterocycles. The Balaban J connectivity index is 1.64. The highest BCUT2D eigenvalue weighted by Gasteiger charge is 2.32. The molecule has 1 atom stereocenters. The Morgan fingerprint density at radius 3 is 3.14 bits per heavy atom. The fourth-order valence-electron chi connectivity index (χ4n) is 2.56. The van der Waals surface area contributed by atoms with E-state index in [0.717, 1.165) is 28.1 Å². The molecule has 1 saturated heterocycles. The number of hydrogen-bond acceptors (Lipinski definition) is 5. The largest absolute Gasteiger partial charge is 0.444 e. The highest BCUT2D eigenvalue weighted by atomic mass is 32.1. The third-order valence-electron chi connectivity index (χ3n) is 3.70. The average Bonchev–Trinajstić information content (AvgIpc) is 3.06. The standard InChI is InChI=1S/C15H19N3O2S/c1-2-3-4-5-6-11-9-18(15(19)20-11)14-7-12-13(21-14)8-16-10-17-12/h7-8,10-11H,2-6,9H2,1H3. The van der Waals surface area contributed by atoms with E-state index < -0.39 is 0 Å². The van der Waals surface area contributed by atoms with E-state index in [4.69, 9.17) is 4.74 Å². The van der Waals surface area contributed by atoms with Gasteiger partial charge in [-0.15, -0.1) is 11.3 Å². The number of carbonyl (C=O) groups is 1. The summed E-state index contributed by atoms with van der Waals surface area (Å²) in [5.41, 5.74) is 0.879. The Hall–Kier alpha value is -1.69. The number of fused-ring (bicyclic) bond motifs is 1. The Bertz CT molecular complexity index is 595. The Labute approximate surface area is 128 Å². The first kappa shape index (κ1) is 14.3. The van der Waals surface area contributed by atoms with Crippen molar-refractivity contribution in [3.8, 4) is 0 Å². The summed E-state index contributed by atoms with van der Waals surface area (Å²) in [4.78, 5) is 22.0. The number of cyclic esters (lactones) is 1. The molecule has 112 valence electrons. The predicted octanol–water partition coefficient (Wildman–Crippen LogP) is 3.99. The quantitative estimate of drug-likeness (QED) is 0.757. The summed E-state index contributed by atoms with van der Waals surface area (Å²) in [6.45, 7) is 2.84. The van der Waals surface area contributed by atoms with Crippen LogP contribution in [0.5, 0.6) is 0 Å². The second-order valence-electron chi connectivity index (χ2n) is 5.32. The van der Waals surface area contributed by atoms with Gasteiger partial charge in [0.2, 0.25) is 0 Å². The maximum atomic E-state index is 12.0. The number of thiophene rings is 1. The van der Waals surface area contributed by atoms with Crippen LogP contribution in [0.4, 0.5) is 9.80 Å². The van der Waals surface area contributed by atoms with Crippen molar-refractivity contribution in [1.82, 2.24) is 9.97 Å². The lowest BCUT2D eigenvalue weighted by Gasteiger charge is -2.09. The number of unbranched alkanes of at least 4 members (excludes halogenated alkanes) is 3. The number of ether oxygens (including phenoxy) is 1. The SMILES string of the molecule is CCCCCCC1CN(c2cc3ncncc3s2)C(=O)O1. The molecule has 3 heterocycles. The molecule has 5 nitrogen and oxygen atoms in total. The van der Waals surface area contributed by atoms with Crippen molar-refractivity contribution < 1.29 is 9.53 Å². The monoisotopic (exact) mass is 305 g/mol. The van der Waals surface area contributed by atoms with Crippen LogP contribution in [0.25, 0.3) is 10.2 Å². The second kappa shape index (κ2) is 6.39. The van der Waals surface area contributed by atoms with Gasteiger partial charge in [0.1, 0.15) is 17.4 Å². The molecule has 0 aromatic carbocycles. The minimum absolute atomic E-state index is 0.0191. The normalized spacial score (nSPS) is 18.4. The van der Waals surface area contributed by atoms with Crippen LogP contribution in [0.15, 0.2) is 18.6 Å². The van der Waals surface area contributed by atoms with E-state index >= 15 is 0 Å². The Kier molecular flexibility index (Phi) is 4.34. The molecule has 0 bridgehead atoms. The van der Waals surface area contributed by atoms with Crippen molar-refractivity contribution >= 4 is 32.6 Å².